The molecule has 3 aromatic rings. The molecule has 0 radical (unpaired) electrons. The highest BCUT2D eigenvalue weighted by Gasteiger charge is 2.10. The Morgan fingerprint density at radius 3 is 2.43 bits per heavy atom. The summed E-state index contributed by atoms with van der Waals surface area (Å²) in [7, 11) is 0. The summed E-state index contributed by atoms with van der Waals surface area (Å²) in [5.74, 6) is -0.365. The Morgan fingerprint density at radius 1 is 1.00 bits per heavy atom. The van der Waals surface area contributed by atoms with E-state index < -0.39 is 0 Å². The van der Waals surface area contributed by atoms with Gasteiger partial charge in [-0.3, -0.25) is 4.79 Å². The molecule has 0 aliphatic rings. The lowest BCUT2D eigenvalue weighted by molar-refractivity contribution is -0.121. The van der Waals surface area contributed by atoms with Crippen LogP contribution in [0, 0.1) is 5.82 Å². The van der Waals surface area contributed by atoms with Crippen molar-refractivity contribution in [3.63, 3.8) is 0 Å². The van der Waals surface area contributed by atoms with Gasteiger partial charge in [0.25, 0.3) is 0 Å². The number of carbonyl (C=O) groups is 1. The molecule has 3 heteroatoms. The SMILES string of the molecule is CC(NC(=O)Cc1ccc(F)cc1)c1ccc2ccccc2c1. The van der Waals surface area contributed by atoms with E-state index in [1.807, 2.05) is 25.1 Å². The monoisotopic (exact) mass is 307 g/mol. The molecule has 116 valence electrons. The molecule has 0 aromatic heterocycles. The van der Waals surface area contributed by atoms with E-state index in [9.17, 15) is 9.18 Å². The first-order valence-electron chi connectivity index (χ1n) is 7.64. The number of hydrogen-bond donors (Lipinski definition) is 1. The molecule has 2 nitrogen and oxygen atoms in total. The molecule has 1 unspecified atom stereocenters. The molecule has 1 amide bonds. The highest BCUT2D eigenvalue weighted by Crippen LogP contribution is 2.20. The zero-order valence-corrected chi connectivity index (χ0v) is 12.9. The molecule has 0 aliphatic heterocycles. The van der Waals surface area contributed by atoms with Gasteiger partial charge < -0.3 is 5.32 Å². The van der Waals surface area contributed by atoms with E-state index in [0.717, 1.165) is 16.5 Å². The minimum absolute atomic E-state index is 0.0720. The van der Waals surface area contributed by atoms with Gasteiger partial charge in [0.05, 0.1) is 12.5 Å². The normalized spacial score (nSPS) is 12.1. The molecule has 0 bridgehead atoms. The third kappa shape index (κ3) is 3.75. The number of nitrogens with one attached hydrogen (secondary N) is 1. The molecule has 3 aromatic carbocycles. The molecular weight excluding hydrogens is 289 g/mol. The standard InChI is InChI=1S/C20H18FNO/c1-14(17-9-8-16-4-2-3-5-18(16)13-17)22-20(23)12-15-6-10-19(21)11-7-15/h2-11,13-14H,12H2,1H3,(H,22,23). The van der Waals surface area contributed by atoms with E-state index in [1.165, 1.54) is 17.5 Å². The summed E-state index contributed by atoms with van der Waals surface area (Å²) in [6, 6.07) is 20.3. The van der Waals surface area contributed by atoms with Crippen molar-refractivity contribution in [1.29, 1.82) is 0 Å². The van der Waals surface area contributed by atoms with Gasteiger partial charge in [0.2, 0.25) is 5.91 Å². The summed E-state index contributed by atoms with van der Waals surface area (Å²) in [5, 5.41) is 5.33. The van der Waals surface area contributed by atoms with E-state index in [-0.39, 0.29) is 24.2 Å². The third-order valence-electron chi connectivity index (χ3n) is 3.93. The van der Waals surface area contributed by atoms with Gasteiger partial charge in [0, 0.05) is 0 Å². The highest BCUT2D eigenvalue weighted by atomic mass is 19.1. The van der Waals surface area contributed by atoms with Crippen molar-refractivity contribution in [2.45, 2.75) is 19.4 Å². The smallest absolute Gasteiger partial charge is 0.224 e. The Hall–Kier alpha value is -2.68. The maximum Gasteiger partial charge on any atom is 0.224 e. The summed E-state index contributed by atoms with van der Waals surface area (Å²) in [5.41, 5.74) is 1.87. The number of fused-ring (bicyclic) bond motifs is 1. The summed E-state index contributed by atoms with van der Waals surface area (Å²) in [6.07, 6.45) is 0.248. The van der Waals surface area contributed by atoms with E-state index in [4.69, 9.17) is 0 Å². The summed E-state index contributed by atoms with van der Waals surface area (Å²) in [6.45, 7) is 1.96. The van der Waals surface area contributed by atoms with Crippen LogP contribution in [-0.2, 0) is 11.2 Å². The molecule has 0 heterocycles. The molecule has 0 aliphatic carbocycles. The number of halogens is 1. The van der Waals surface area contributed by atoms with Crippen LogP contribution in [0.15, 0.2) is 66.7 Å². The number of hydrogen-bond acceptors (Lipinski definition) is 1. The van der Waals surface area contributed by atoms with Crippen LogP contribution in [0.3, 0.4) is 0 Å². The van der Waals surface area contributed by atoms with Crippen molar-refractivity contribution >= 4 is 16.7 Å². The first-order chi connectivity index (χ1) is 11.1. The van der Waals surface area contributed by atoms with Crippen molar-refractivity contribution in [3.8, 4) is 0 Å². The fourth-order valence-electron chi connectivity index (χ4n) is 2.64. The summed E-state index contributed by atoms with van der Waals surface area (Å²) >= 11 is 0. The topological polar surface area (TPSA) is 29.1 Å². The lowest BCUT2D eigenvalue weighted by Crippen LogP contribution is -2.28. The van der Waals surface area contributed by atoms with Crippen LogP contribution in [0.2, 0.25) is 0 Å². The number of rotatable bonds is 4. The number of amides is 1. The molecule has 1 N–H and O–H groups in total. The lowest BCUT2D eigenvalue weighted by Gasteiger charge is -2.15. The van der Waals surface area contributed by atoms with Crippen LogP contribution in [-0.4, -0.2) is 5.91 Å². The second kappa shape index (κ2) is 6.61. The average Bonchev–Trinajstić information content (AvgIpc) is 2.56. The Balaban J connectivity index is 1.68. The van der Waals surface area contributed by atoms with Gasteiger partial charge in [0.1, 0.15) is 5.82 Å². The predicted octanol–water partition coefficient (Wildman–Crippen LogP) is 4.40. The maximum absolute atomic E-state index is 12.9. The van der Waals surface area contributed by atoms with E-state index in [1.54, 1.807) is 12.1 Å². The quantitative estimate of drug-likeness (QED) is 0.760. The summed E-state index contributed by atoms with van der Waals surface area (Å²) < 4.78 is 12.9. The molecule has 0 fully saturated rings. The largest absolute Gasteiger partial charge is 0.349 e. The fourth-order valence-corrected chi connectivity index (χ4v) is 2.64. The number of carbonyl (C=O) groups excluding carboxylic acids is 1. The van der Waals surface area contributed by atoms with Crippen molar-refractivity contribution in [2.24, 2.45) is 0 Å². The Morgan fingerprint density at radius 2 is 1.70 bits per heavy atom. The van der Waals surface area contributed by atoms with Crippen molar-refractivity contribution in [3.05, 3.63) is 83.7 Å². The molecule has 0 spiro atoms. The van der Waals surface area contributed by atoms with Crippen LogP contribution >= 0.6 is 0 Å². The predicted molar refractivity (Wildman–Crippen MR) is 90.6 cm³/mol. The van der Waals surface area contributed by atoms with Crippen LogP contribution in [0.1, 0.15) is 24.1 Å². The molecule has 23 heavy (non-hydrogen) atoms. The third-order valence-corrected chi connectivity index (χ3v) is 3.93. The first-order valence-corrected chi connectivity index (χ1v) is 7.64. The van der Waals surface area contributed by atoms with Crippen molar-refractivity contribution < 1.29 is 9.18 Å². The van der Waals surface area contributed by atoms with Gasteiger partial charge in [-0.1, -0.05) is 48.5 Å². The zero-order chi connectivity index (χ0) is 16.2. The van der Waals surface area contributed by atoms with Gasteiger partial charge in [0.15, 0.2) is 0 Å². The van der Waals surface area contributed by atoms with Crippen LogP contribution < -0.4 is 5.32 Å². The van der Waals surface area contributed by atoms with E-state index >= 15 is 0 Å². The second-order valence-corrected chi connectivity index (χ2v) is 5.70. The van der Waals surface area contributed by atoms with Gasteiger partial charge >= 0.3 is 0 Å². The van der Waals surface area contributed by atoms with Crippen molar-refractivity contribution in [2.75, 3.05) is 0 Å². The Kier molecular flexibility index (Phi) is 4.38. The Labute approximate surface area is 135 Å². The first kappa shape index (κ1) is 15.2. The Bertz CT molecular complexity index is 826. The van der Waals surface area contributed by atoms with Gasteiger partial charge in [-0.05, 0) is 47.0 Å². The zero-order valence-electron chi connectivity index (χ0n) is 12.9. The van der Waals surface area contributed by atoms with E-state index in [0.29, 0.717) is 0 Å². The van der Waals surface area contributed by atoms with Crippen LogP contribution in [0.25, 0.3) is 10.8 Å². The molecular formula is C20H18FNO. The van der Waals surface area contributed by atoms with E-state index in [2.05, 4.69) is 29.6 Å². The van der Waals surface area contributed by atoms with Crippen molar-refractivity contribution in [1.82, 2.24) is 5.32 Å². The van der Waals surface area contributed by atoms with Crippen LogP contribution in [0.4, 0.5) is 4.39 Å². The number of benzene rings is 3. The average molecular weight is 307 g/mol. The summed E-state index contributed by atoms with van der Waals surface area (Å²) in [4.78, 5) is 12.1. The fraction of sp³-hybridized carbons (Fsp3) is 0.150. The van der Waals surface area contributed by atoms with Crippen LogP contribution in [0.5, 0.6) is 0 Å². The second-order valence-electron chi connectivity index (χ2n) is 5.70. The van der Waals surface area contributed by atoms with Gasteiger partial charge in [-0.25, -0.2) is 4.39 Å². The highest BCUT2D eigenvalue weighted by molar-refractivity contribution is 5.83. The lowest BCUT2D eigenvalue weighted by atomic mass is 10.0. The molecule has 0 saturated heterocycles. The minimum Gasteiger partial charge on any atom is -0.349 e. The minimum atomic E-state index is -0.293. The maximum atomic E-state index is 12.9. The molecule has 1 atom stereocenters. The van der Waals surface area contributed by atoms with Gasteiger partial charge in [-0.15, -0.1) is 0 Å². The molecule has 3 rings (SSSR count). The molecule has 0 saturated carbocycles. The van der Waals surface area contributed by atoms with Gasteiger partial charge in [-0.2, -0.15) is 0 Å².